The quantitative estimate of drug-likeness (QED) is 0.343. The summed E-state index contributed by atoms with van der Waals surface area (Å²) in [6.07, 6.45) is 2.33. The number of nitrogens with one attached hydrogen (secondary N) is 1. The van der Waals surface area contributed by atoms with Gasteiger partial charge in [-0.2, -0.15) is 9.41 Å². The van der Waals surface area contributed by atoms with Crippen LogP contribution in [0.2, 0.25) is 5.02 Å². The van der Waals surface area contributed by atoms with Gasteiger partial charge in [-0.15, -0.1) is 11.3 Å². The van der Waals surface area contributed by atoms with E-state index in [9.17, 15) is 12.8 Å². The average Bonchev–Trinajstić information content (AvgIpc) is 3.24. The Morgan fingerprint density at radius 3 is 2.67 bits per heavy atom. The predicted octanol–water partition coefficient (Wildman–Crippen LogP) is 5.72. The van der Waals surface area contributed by atoms with E-state index in [0.29, 0.717) is 41.3 Å². The first kappa shape index (κ1) is 23.8. The summed E-state index contributed by atoms with van der Waals surface area (Å²) in [7, 11) is -3.58. The number of hydrazone groups is 1. The Kier molecular flexibility index (Phi) is 7.13. The average molecular weight is 507 g/mol. The summed E-state index contributed by atoms with van der Waals surface area (Å²) in [5.41, 5.74) is 4.27. The lowest BCUT2D eigenvalue weighted by Crippen LogP contribution is -2.42. The van der Waals surface area contributed by atoms with Crippen molar-refractivity contribution in [2.24, 2.45) is 16.9 Å². The van der Waals surface area contributed by atoms with E-state index in [0.717, 1.165) is 6.42 Å². The third-order valence-corrected chi connectivity index (χ3v) is 8.36. The van der Waals surface area contributed by atoms with Crippen molar-refractivity contribution in [1.82, 2.24) is 9.29 Å². The maximum atomic E-state index is 13.8. The van der Waals surface area contributed by atoms with Gasteiger partial charge in [-0.1, -0.05) is 43.6 Å². The zero-order valence-corrected chi connectivity index (χ0v) is 20.6. The van der Waals surface area contributed by atoms with Gasteiger partial charge in [0, 0.05) is 29.6 Å². The number of aromatic nitrogens is 1. The van der Waals surface area contributed by atoms with Gasteiger partial charge < -0.3 is 0 Å². The lowest BCUT2D eigenvalue weighted by Gasteiger charge is -2.34. The van der Waals surface area contributed by atoms with Crippen molar-refractivity contribution in [3.8, 4) is 11.3 Å². The minimum Gasteiger partial charge on any atom is -0.253 e. The molecule has 2 heterocycles. The number of benzene rings is 2. The molecule has 0 radical (unpaired) electrons. The molecule has 0 spiro atoms. The number of sulfonamides is 1. The predicted molar refractivity (Wildman–Crippen MR) is 132 cm³/mol. The second-order valence-electron chi connectivity index (χ2n) is 8.34. The Balaban J connectivity index is 1.51. The molecule has 4 rings (SSSR count). The molecule has 0 amide bonds. The first-order valence-corrected chi connectivity index (χ1v) is 13.2. The van der Waals surface area contributed by atoms with Gasteiger partial charge in [-0.05, 0) is 42.5 Å². The van der Waals surface area contributed by atoms with Gasteiger partial charge in [0.25, 0.3) is 0 Å². The van der Waals surface area contributed by atoms with Crippen LogP contribution in [0.4, 0.5) is 9.52 Å². The third kappa shape index (κ3) is 5.43. The molecule has 0 saturated carbocycles. The molecule has 33 heavy (non-hydrogen) atoms. The molecule has 1 saturated heterocycles. The van der Waals surface area contributed by atoms with Crippen LogP contribution in [0.15, 0.2) is 57.8 Å². The Morgan fingerprint density at radius 1 is 1.21 bits per heavy atom. The third-order valence-electron chi connectivity index (χ3n) is 5.46. The molecule has 0 aliphatic carbocycles. The number of rotatable bonds is 6. The zero-order valence-electron chi connectivity index (χ0n) is 18.2. The molecule has 174 valence electrons. The van der Waals surface area contributed by atoms with E-state index in [-0.39, 0.29) is 15.5 Å². The molecule has 6 nitrogen and oxygen atoms in total. The minimum absolute atomic E-state index is 0.183. The highest BCUT2D eigenvalue weighted by Crippen LogP contribution is 2.30. The van der Waals surface area contributed by atoms with Crippen molar-refractivity contribution < 1.29 is 12.8 Å². The Bertz CT molecular complexity index is 1250. The van der Waals surface area contributed by atoms with E-state index in [2.05, 4.69) is 29.4 Å². The van der Waals surface area contributed by atoms with Crippen molar-refractivity contribution in [3.63, 3.8) is 0 Å². The normalized spacial score (nSPS) is 19.8. The van der Waals surface area contributed by atoms with Crippen LogP contribution < -0.4 is 5.43 Å². The number of thiazole rings is 1. The summed E-state index contributed by atoms with van der Waals surface area (Å²) in [4.78, 5) is 4.74. The highest BCUT2D eigenvalue weighted by atomic mass is 35.5. The summed E-state index contributed by atoms with van der Waals surface area (Å²) in [5.74, 6) is 0.195. The topological polar surface area (TPSA) is 74.7 Å². The minimum atomic E-state index is -3.58. The van der Waals surface area contributed by atoms with Crippen LogP contribution in [-0.4, -0.2) is 37.0 Å². The molecule has 2 unspecified atom stereocenters. The fourth-order valence-corrected chi connectivity index (χ4v) is 6.62. The number of nitrogens with zero attached hydrogens (tertiary/aromatic N) is 3. The summed E-state index contributed by atoms with van der Waals surface area (Å²) >= 11 is 7.30. The Labute approximate surface area is 202 Å². The largest absolute Gasteiger partial charge is 0.253 e. The summed E-state index contributed by atoms with van der Waals surface area (Å²) in [5, 5.41) is 6.58. The van der Waals surface area contributed by atoms with E-state index in [1.165, 1.54) is 29.7 Å². The van der Waals surface area contributed by atoms with Crippen molar-refractivity contribution in [2.75, 3.05) is 18.5 Å². The van der Waals surface area contributed by atoms with Crippen molar-refractivity contribution in [2.45, 2.75) is 25.2 Å². The molecule has 0 bridgehead atoms. The molecule has 1 aromatic heterocycles. The molecule has 3 aromatic rings. The fourth-order valence-electron chi connectivity index (χ4n) is 4.01. The summed E-state index contributed by atoms with van der Waals surface area (Å²) in [6.45, 7) is 5.24. The van der Waals surface area contributed by atoms with E-state index in [1.54, 1.807) is 28.6 Å². The van der Waals surface area contributed by atoms with E-state index < -0.39 is 15.8 Å². The van der Waals surface area contributed by atoms with Gasteiger partial charge in [0.05, 0.1) is 21.8 Å². The van der Waals surface area contributed by atoms with Crippen LogP contribution in [0.3, 0.4) is 0 Å². The second kappa shape index (κ2) is 9.89. The van der Waals surface area contributed by atoms with Gasteiger partial charge in [0.15, 0.2) is 0 Å². The van der Waals surface area contributed by atoms with Gasteiger partial charge in [-0.3, -0.25) is 5.43 Å². The van der Waals surface area contributed by atoms with Gasteiger partial charge in [0.2, 0.25) is 15.2 Å². The number of piperidine rings is 1. The maximum absolute atomic E-state index is 13.8. The number of halogens is 2. The highest BCUT2D eigenvalue weighted by Gasteiger charge is 2.31. The van der Waals surface area contributed by atoms with E-state index in [4.69, 9.17) is 11.6 Å². The van der Waals surface area contributed by atoms with Crippen LogP contribution >= 0.6 is 22.9 Å². The summed E-state index contributed by atoms with van der Waals surface area (Å²) in [6, 6.07) is 11.2. The first-order valence-electron chi connectivity index (χ1n) is 10.5. The van der Waals surface area contributed by atoms with Crippen molar-refractivity contribution in [1.29, 1.82) is 0 Å². The first-order chi connectivity index (χ1) is 15.7. The summed E-state index contributed by atoms with van der Waals surface area (Å²) < 4.78 is 41.9. The Morgan fingerprint density at radius 2 is 1.94 bits per heavy atom. The van der Waals surface area contributed by atoms with Gasteiger partial charge in [0.1, 0.15) is 5.82 Å². The second-order valence-corrected chi connectivity index (χ2v) is 11.5. The lowest BCUT2D eigenvalue weighted by molar-refractivity contribution is 0.222. The van der Waals surface area contributed by atoms with Crippen LogP contribution in [-0.2, 0) is 10.0 Å². The number of anilines is 1. The molecule has 1 aliphatic heterocycles. The monoisotopic (exact) mass is 506 g/mol. The molecule has 1 fully saturated rings. The standard InChI is InChI=1S/C23H24ClFN4O2S2/c1-15-9-16(2)13-29(12-15)33(30,31)18-6-3-5-17(10-18)22-14-32-23(27-22)28-26-11-19-20(24)7-4-8-21(19)25/h3-8,10-11,14-16H,9,12-13H2,1-2H3,(H,27,28). The fraction of sp³-hybridized carbons (Fsp3) is 0.304. The molecule has 1 N–H and O–H groups in total. The zero-order chi connectivity index (χ0) is 23.6. The van der Waals surface area contributed by atoms with Crippen LogP contribution in [0.25, 0.3) is 11.3 Å². The van der Waals surface area contributed by atoms with Crippen LogP contribution in [0.1, 0.15) is 25.8 Å². The molecular weight excluding hydrogens is 483 g/mol. The van der Waals surface area contributed by atoms with Gasteiger partial charge >= 0.3 is 0 Å². The van der Waals surface area contributed by atoms with Crippen LogP contribution in [0, 0.1) is 17.7 Å². The number of hydrogen-bond donors (Lipinski definition) is 1. The van der Waals surface area contributed by atoms with Crippen molar-refractivity contribution >= 4 is 44.3 Å². The number of hydrogen-bond acceptors (Lipinski definition) is 6. The highest BCUT2D eigenvalue weighted by molar-refractivity contribution is 7.89. The van der Waals surface area contributed by atoms with Gasteiger partial charge in [-0.25, -0.2) is 17.8 Å². The van der Waals surface area contributed by atoms with Crippen LogP contribution in [0.5, 0.6) is 0 Å². The van der Waals surface area contributed by atoms with Crippen molar-refractivity contribution in [3.05, 3.63) is 64.2 Å². The Hall–Kier alpha value is -2.33. The molecule has 2 atom stereocenters. The molecule has 10 heteroatoms. The molecule has 1 aliphatic rings. The SMILES string of the molecule is CC1CC(C)CN(S(=O)(=O)c2cccc(-c3csc(NN=Cc4c(F)cccc4Cl)n3)c2)C1. The maximum Gasteiger partial charge on any atom is 0.243 e. The van der Waals surface area contributed by atoms with E-state index in [1.807, 2.05) is 11.4 Å². The lowest BCUT2D eigenvalue weighted by atomic mass is 9.94. The molecular formula is C23H24ClFN4O2S2. The van der Waals surface area contributed by atoms with E-state index >= 15 is 0 Å². The molecule has 2 aromatic carbocycles. The smallest absolute Gasteiger partial charge is 0.243 e.